The lowest BCUT2D eigenvalue weighted by Gasteiger charge is -2.07. The number of carboxylic acid groups (broad SMARTS) is 1. The van der Waals surface area contributed by atoms with Crippen molar-refractivity contribution >= 4 is 5.97 Å². The summed E-state index contributed by atoms with van der Waals surface area (Å²) in [7, 11) is 0. The number of hydrogen-bond donors (Lipinski definition) is 1. The molecule has 0 unspecified atom stereocenters. The van der Waals surface area contributed by atoms with Crippen LogP contribution in [0.2, 0.25) is 0 Å². The van der Waals surface area contributed by atoms with E-state index in [-0.39, 0.29) is 5.69 Å². The number of ether oxygens (including phenoxy) is 1. The van der Waals surface area contributed by atoms with Crippen molar-refractivity contribution in [2.24, 2.45) is 0 Å². The van der Waals surface area contributed by atoms with Crippen molar-refractivity contribution in [3.63, 3.8) is 0 Å². The molecule has 1 N–H and O–H groups in total. The minimum atomic E-state index is -1.02. The van der Waals surface area contributed by atoms with Crippen LogP contribution in [0.5, 0.6) is 5.75 Å². The number of carbonyl (C=O) groups is 1. The number of rotatable bonds is 7. The van der Waals surface area contributed by atoms with E-state index in [2.05, 4.69) is 17.2 Å². The van der Waals surface area contributed by atoms with Gasteiger partial charge >= 0.3 is 5.97 Å². The van der Waals surface area contributed by atoms with Gasteiger partial charge in [-0.3, -0.25) is 0 Å². The number of aromatic nitrogens is 3. The SMILES string of the molecule is CCc1ccc(OCCCn2nncc2C(=O)O)cc1. The van der Waals surface area contributed by atoms with Crippen LogP contribution in [-0.2, 0) is 13.0 Å². The quantitative estimate of drug-likeness (QED) is 0.782. The fourth-order valence-electron chi connectivity index (χ4n) is 1.81. The van der Waals surface area contributed by atoms with Crippen LogP contribution in [0.4, 0.5) is 0 Å². The third-order valence-electron chi connectivity index (χ3n) is 2.95. The van der Waals surface area contributed by atoms with Gasteiger partial charge in [-0.2, -0.15) is 0 Å². The maximum Gasteiger partial charge on any atom is 0.355 e. The molecule has 2 aromatic rings. The zero-order valence-electron chi connectivity index (χ0n) is 11.3. The van der Waals surface area contributed by atoms with Crippen LogP contribution in [-0.4, -0.2) is 32.7 Å². The van der Waals surface area contributed by atoms with Crippen LogP contribution in [0.15, 0.2) is 30.5 Å². The Kier molecular flexibility index (Phi) is 4.70. The lowest BCUT2D eigenvalue weighted by atomic mass is 10.2. The summed E-state index contributed by atoms with van der Waals surface area (Å²) in [5.41, 5.74) is 1.36. The van der Waals surface area contributed by atoms with Gasteiger partial charge < -0.3 is 9.84 Å². The van der Waals surface area contributed by atoms with Gasteiger partial charge in [0.2, 0.25) is 0 Å². The van der Waals surface area contributed by atoms with E-state index in [1.54, 1.807) is 0 Å². The molecular weight excluding hydrogens is 258 g/mol. The molecule has 0 saturated heterocycles. The first-order valence-electron chi connectivity index (χ1n) is 6.54. The molecule has 0 fully saturated rings. The Bertz CT molecular complexity index is 563. The summed E-state index contributed by atoms with van der Waals surface area (Å²) in [6.07, 6.45) is 2.91. The smallest absolute Gasteiger partial charge is 0.355 e. The second-order valence-electron chi connectivity index (χ2n) is 4.35. The van der Waals surface area contributed by atoms with Gasteiger partial charge in [0.15, 0.2) is 5.69 Å². The standard InChI is InChI=1S/C14H17N3O3/c1-2-11-4-6-12(7-5-11)20-9-3-8-17-13(14(18)19)10-15-16-17/h4-7,10H,2-3,8-9H2,1H3,(H,18,19). The highest BCUT2D eigenvalue weighted by molar-refractivity contribution is 5.85. The molecule has 6 nitrogen and oxygen atoms in total. The summed E-state index contributed by atoms with van der Waals surface area (Å²) in [5, 5.41) is 16.2. The van der Waals surface area contributed by atoms with Gasteiger partial charge in [-0.1, -0.05) is 24.3 Å². The molecular formula is C14H17N3O3. The molecule has 106 valence electrons. The number of benzene rings is 1. The van der Waals surface area contributed by atoms with Crippen molar-refractivity contribution in [3.8, 4) is 5.75 Å². The first kappa shape index (κ1) is 14.0. The average Bonchev–Trinajstić information content (AvgIpc) is 2.93. The van der Waals surface area contributed by atoms with Gasteiger partial charge in [0.1, 0.15) is 5.75 Å². The predicted octanol–water partition coefficient (Wildman–Crippen LogP) is 2.01. The molecule has 20 heavy (non-hydrogen) atoms. The van der Waals surface area contributed by atoms with Gasteiger partial charge in [0.05, 0.1) is 12.8 Å². The monoisotopic (exact) mass is 275 g/mol. The molecule has 1 heterocycles. The normalized spacial score (nSPS) is 10.4. The van der Waals surface area contributed by atoms with Crippen LogP contribution >= 0.6 is 0 Å². The fraction of sp³-hybridized carbons (Fsp3) is 0.357. The first-order valence-corrected chi connectivity index (χ1v) is 6.54. The van der Waals surface area contributed by atoms with Crippen molar-refractivity contribution in [1.29, 1.82) is 0 Å². The van der Waals surface area contributed by atoms with Crippen LogP contribution in [0.1, 0.15) is 29.4 Å². The van der Waals surface area contributed by atoms with Crippen LogP contribution < -0.4 is 4.74 Å². The highest BCUT2D eigenvalue weighted by atomic mass is 16.5. The van der Waals surface area contributed by atoms with E-state index in [0.717, 1.165) is 12.2 Å². The fourth-order valence-corrected chi connectivity index (χ4v) is 1.81. The number of aromatic carboxylic acids is 1. The number of aryl methyl sites for hydroxylation is 2. The van der Waals surface area contributed by atoms with E-state index in [1.165, 1.54) is 16.4 Å². The Morgan fingerprint density at radius 1 is 1.35 bits per heavy atom. The minimum absolute atomic E-state index is 0.0947. The Hall–Kier alpha value is -2.37. The van der Waals surface area contributed by atoms with E-state index < -0.39 is 5.97 Å². The van der Waals surface area contributed by atoms with Crippen molar-refractivity contribution in [1.82, 2.24) is 15.0 Å². The highest BCUT2D eigenvalue weighted by Gasteiger charge is 2.10. The van der Waals surface area contributed by atoms with Crippen molar-refractivity contribution in [2.45, 2.75) is 26.3 Å². The minimum Gasteiger partial charge on any atom is -0.494 e. The topological polar surface area (TPSA) is 77.2 Å². The van der Waals surface area contributed by atoms with Gasteiger partial charge in [-0.15, -0.1) is 5.10 Å². The molecule has 1 aromatic heterocycles. The third kappa shape index (κ3) is 3.57. The van der Waals surface area contributed by atoms with E-state index in [9.17, 15) is 4.79 Å². The number of carboxylic acids is 1. The van der Waals surface area contributed by atoms with Crippen LogP contribution in [0.3, 0.4) is 0 Å². The zero-order chi connectivity index (χ0) is 14.4. The maximum absolute atomic E-state index is 10.9. The van der Waals surface area contributed by atoms with Crippen molar-refractivity contribution < 1.29 is 14.6 Å². The summed E-state index contributed by atoms with van der Waals surface area (Å²) in [6.45, 7) is 3.08. The highest BCUT2D eigenvalue weighted by Crippen LogP contribution is 2.12. The predicted molar refractivity (Wildman–Crippen MR) is 72.9 cm³/mol. The lowest BCUT2D eigenvalue weighted by Crippen LogP contribution is -2.12. The summed E-state index contributed by atoms with van der Waals surface area (Å²) in [6, 6.07) is 7.96. The molecule has 0 saturated carbocycles. The van der Waals surface area contributed by atoms with Crippen molar-refractivity contribution in [2.75, 3.05) is 6.61 Å². The molecule has 6 heteroatoms. The molecule has 2 rings (SSSR count). The summed E-state index contributed by atoms with van der Waals surface area (Å²) in [4.78, 5) is 10.9. The van der Waals surface area contributed by atoms with Gasteiger partial charge in [0.25, 0.3) is 0 Å². The van der Waals surface area contributed by atoms with Crippen molar-refractivity contribution in [3.05, 3.63) is 41.7 Å². The Balaban J connectivity index is 1.78. The molecule has 0 amide bonds. The zero-order valence-corrected chi connectivity index (χ0v) is 11.3. The number of nitrogens with zero attached hydrogens (tertiary/aromatic N) is 3. The summed E-state index contributed by atoms with van der Waals surface area (Å²) < 4.78 is 6.96. The second kappa shape index (κ2) is 6.70. The molecule has 0 aliphatic rings. The number of hydrogen-bond acceptors (Lipinski definition) is 4. The van der Waals surface area contributed by atoms with E-state index in [4.69, 9.17) is 9.84 Å². The van der Waals surface area contributed by atoms with E-state index in [0.29, 0.717) is 19.6 Å². The summed E-state index contributed by atoms with van der Waals surface area (Å²) in [5.74, 6) is -0.203. The summed E-state index contributed by atoms with van der Waals surface area (Å²) >= 11 is 0. The Labute approximate surface area is 117 Å². The first-order chi connectivity index (χ1) is 9.70. The Morgan fingerprint density at radius 2 is 2.10 bits per heavy atom. The molecule has 0 bridgehead atoms. The average molecular weight is 275 g/mol. The molecule has 0 spiro atoms. The van der Waals surface area contributed by atoms with Gasteiger partial charge in [-0.25, -0.2) is 9.48 Å². The molecule has 0 aliphatic heterocycles. The van der Waals surface area contributed by atoms with Gasteiger partial charge in [-0.05, 0) is 24.1 Å². The van der Waals surface area contributed by atoms with Crippen LogP contribution in [0, 0.1) is 0 Å². The molecule has 0 radical (unpaired) electrons. The largest absolute Gasteiger partial charge is 0.494 e. The molecule has 1 aromatic carbocycles. The van der Waals surface area contributed by atoms with Gasteiger partial charge in [0, 0.05) is 13.0 Å². The lowest BCUT2D eigenvalue weighted by molar-refractivity contribution is 0.0682. The van der Waals surface area contributed by atoms with E-state index >= 15 is 0 Å². The maximum atomic E-state index is 10.9. The second-order valence-corrected chi connectivity index (χ2v) is 4.35. The molecule has 0 atom stereocenters. The van der Waals surface area contributed by atoms with E-state index in [1.807, 2.05) is 24.3 Å². The third-order valence-corrected chi connectivity index (χ3v) is 2.95. The molecule has 0 aliphatic carbocycles. The Morgan fingerprint density at radius 3 is 2.75 bits per heavy atom. The van der Waals surface area contributed by atoms with Crippen LogP contribution in [0.25, 0.3) is 0 Å².